The van der Waals surface area contributed by atoms with Crippen LogP contribution in [0.15, 0.2) is 17.5 Å². The molecule has 0 radical (unpaired) electrons. The second-order valence-electron chi connectivity index (χ2n) is 5.70. The fourth-order valence-electron chi connectivity index (χ4n) is 1.75. The maximum absolute atomic E-state index is 9.36. The minimum absolute atomic E-state index is 0.0168. The molecule has 0 aliphatic rings. The minimum Gasteiger partial charge on any atom is -0.484 e. The van der Waals surface area contributed by atoms with Crippen molar-refractivity contribution in [1.82, 2.24) is 4.98 Å². The van der Waals surface area contributed by atoms with Gasteiger partial charge in [-0.05, 0) is 12.1 Å². The van der Waals surface area contributed by atoms with Crippen molar-refractivity contribution >= 4 is 34.5 Å². The number of halogens is 2. The van der Waals surface area contributed by atoms with E-state index in [1.165, 1.54) is 0 Å². The van der Waals surface area contributed by atoms with Gasteiger partial charge in [-0.25, -0.2) is 4.98 Å². The molecule has 0 amide bonds. The molecule has 21 heavy (non-hydrogen) atoms. The summed E-state index contributed by atoms with van der Waals surface area (Å²) in [6.45, 7) is 6.49. The number of nitrogens with zero attached hydrogens (tertiary/aromatic N) is 1. The Morgan fingerprint density at radius 3 is 2.57 bits per heavy atom. The smallest absolute Gasteiger partial charge is 0.144 e. The third-order valence-electron chi connectivity index (χ3n) is 2.92. The molecule has 3 nitrogen and oxygen atoms in total. The van der Waals surface area contributed by atoms with Gasteiger partial charge in [0.1, 0.15) is 17.4 Å². The first-order valence-corrected chi connectivity index (χ1v) is 8.11. The third kappa shape index (κ3) is 4.10. The van der Waals surface area contributed by atoms with Crippen LogP contribution in [0.1, 0.15) is 37.0 Å². The molecule has 0 saturated carbocycles. The highest BCUT2D eigenvalue weighted by Gasteiger charge is 2.18. The molecule has 0 spiro atoms. The first-order valence-electron chi connectivity index (χ1n) is 6.47. The summed E-state index contributed by atoms with van der Waals surface area (Å²) in [7, 11) is 0. The highest BCUT2D eigenvalue weighted by atomic mass is 35.5. The van der Waals surface area contributed by atoms with Gasteiger partial charge in [-0.3, -0.25) is 0 Å². The zero-order valence-electron chi connectivity index (χ0n) is 12.1. The van der Waals surface area contributed by atoms with Crippen LogP contribution in [0.4, 0.5) is 0 Å². The maximum Gasteiger partial charge on any atom is 0.144 e. The van der Waals surface area contributed by atoms with Crippen LogP contribution in [0, 0.1) is 0 Å². The molecule has 2 rings (SSSR count). The van der Waals surface area contributed by atoms with Crippen molar-refractivity contribution in [3.05, 3.63) is 43.8 Å². The Morgan fingerprint density at radius 2 is 2.00 bits per heavy atom. The Morgan fingerprint density at radius 1 is 1.29 bits per heavy atom. The van der Waals surface area contributed by atoms with E-state index < -0.39 is 0 Å². The Balaban J connectivity index is 2.15. The Labute approximate surface area is 138 Å². The molecule has 0 aliphatic carbocycles. The van der Waals surface area contributed by atoms with Crippen molar-refractivity contribution in [2.75, 3.05) is 0 Å². The molecular weight excluding hydrogens is 329 g/mol. The van der Waals surface area contributed by atoms with Crippen LogP contribution in [0.5, 0.6) is 5.75 Å². The van der Waals surface area contributed by atoms with Crippen LogP contribution in [-0.2, 0) is 18.6 Å². The number of benzene rings is 1. The average Bonchev–Trinajstić information content (AvgIpc) is 2.85. The number of hydrogen-bond acceptors (Lipinski definition) is 4. The molecular formula is C15H17Cl2NO2S. The molecule has 1 heterocycles. The van der Waals surface area contributed by atoms with Gasteiger partial charge >= 0.3 is 0 Å². The van der Waals surface area contributed by atoms with E-state index in [2.05, 4.69) is 25.8 Å². The van der Waals surface area contributed by atoms with E-state index in [0.29, 0.717) is 28.0 Å². The fourth-order valence-corrected chi connectivity index (χ4v) is 3.27. The van der Waals surface area contributed by atoms with Crippen molar-refractivity contribution in [1.29, 1.82) is 0 Å². The molecule has 1 aromatic heterocycles. The van der Waals surface area contributed by atoms with E-state index in [-0.39, 0.29) is 12.0 Å². The summed E-state index contributed by atoms with van der Waals surface area (Å²) in [5, 5.41) is 13.1. The lowest BCUT2D eigenvalue weighted by Gasteiger charge is -2.14. The summed E-state index contributed by atoms with van der Waals surface area (Å²) in [6, 6.07) is 3.24. The lowest BCUT2D eigenvalue weighted by Crippen LogP contribution is -2.11. The minimum atomic E-state index is -0.180. The summed E-state index contributed by atoms with van der Waals surface area (Å²) in [6.07, 6.45) is 0. The summed E-state index contributed by atoms with van der Waals surface area (Å²) in [4.78, 5) is 4.56. The Hall–Kier alpha value is -0.810. The molecule has 1 N–H and O–H groups in total. The molecule has 0 bridgehead atoms. The third-order valence-corrected chi connectivity index (χ3v) is 4.24. The van der Waals surface area contributed by atoms with E-state index in [1.54, 1.807) is 23.5 Å². The van der Waals surface area contributed by atoms with Crippen LogP contribution in [0.25, 0.3) is 0 Å². The van der Waals surface area contributed by atoms with Gasteiger partial charge < -0.3 is 9.84 Å². The van der Waals surface area contributed by atoms with Gasteiger partial charge in [0.15, 0.2) is 0 Å². The van der Waals surface area contributed by atoms with Gasteiger partial charge in [0, 0.05) is 21.4 Å². The summed E-state index contributed by atoms with van der Waals surface area (Å²) < 4.78 is 5.72. The average molecular weight is 346 g/mol. The van der Waals surface area contributed by atoms with Gasteiger partial charge in [-0.15, -0.1) is 11.3 Å². The van der Waals surface area contributed by atoms with E-state index in [1.807, 2.05) is 5.38 Å². The van der Waals surface area contributed by atoms with Crippen molar-refractivity contribution in [3.8, 4) is 5.75 Å². The van der Waals surface area contributed by atoms with Crippen LogP contribution < -0.4 is 4.74 Å². The monoisotopic (exact) mass is 345 g/mol. The largest absolute Gasteiger partial charge is 0.484 e. The molecule has 0 saturated heterocycles. The number of aliphatic hydroxyl groups excluding tert-OH is 1. The van der Waals surface area contributed by atoms with E-state index in [9.17, 15) is 5.11 Å². The number of rotatable bonds is 4. The predicted molar refractivity (Wildman–Crippen MR) is 87.5 cm³/mol. The number of thiazole rings is 1. The number of aliphatic hydroxyl groups is 1. The zero-order valence-corrected chi connectivity index (χ0v) is 14.4. The lowest BCUT2D eigenvalue weighted by molar-refractivity contribution is 0.259. The summed E-state index contributed by atoms with van der Waals surface area (Å²) >= 11 is 13.6. The van der Waals surface area contributed by atoms with Gasteiger partial charge in [0.05, 0.1) is 17.3 Å². The molecule has 0 aliphatic heterocycles. The zero-order chi connectivity index (χ0) is 15.6. The summed E-state index contributed by atoms with van der Waals surface area (Å²) in [5.41, 5.74) is 1.62. The van der Waals surface area contributed by atoms with Crippen molar-refractivity contribution in [2.45, 2.75) is 39.4 Å². The highest BCUT2D eigenvalue weighted by molar-refractivity contribution is 7.09. The Kier molecular flexibility index (Phi) is 5.15. The van der Waals surface area contributed by atoms with Crippen molar-refractivity contribution < 1.29 is 9.84 Å². The molecule has 2 aromatic rings. The molecule has 6 heteroatoms. The topological polar surface area (TPSA) is 42.4 Å². The van der Waals surface area contributed by atoms with Gasteiger partial charge in [-0.1, -0.05) is 44.0 Å². The fraction of sp³-hybridized carbons (Fsp3) is 0.400. The molecule has 0 unspecified atom stereocenters. The molecule has 0 atom stereocenters. The number of ether oxygens (including phenoxy) is 1. The molecule has 1 aromatic carbocycles. The first-order chi connectivity index (χ1) is 9.81. The number of aromatic nitrogens is 1. The van der Waals surface area contributed by atoms with Crippen molar-refractivity contribution in [2.24, 2.45) is 0 Å². The Bertz CT molecular complexity index is 635. The standard InChI is InChI=1S/C15H17Cl2NO2S/c1-15(2,3)12-8-21-13(18-12)7-20-14-9(6-19)4-10(16)5-11(14)17/h4-5,8,19H,6-7H2,1-3H3. The van der Waals surface area contributed by atoms with Gasteiger partial charge in [0.25, 0.3) is 0 Å². The van der Waals surface area contributed by atoms with Crippen LogP contribution >= 0.6 is 34.5 Å². The highest BCUT2D eigenvalue weighted by Crippen LogP contribution is 2.33. The lowest BCUT2D eigenvalue weighted by atomic mass is 9.93. The van der Waals surface area contributed by atoms with E-state index >= 15 is 0 Å². The predicted octanol–water partition coefficient (Wildman–Crippen LogP) is 4.82. The SMILES string of the molecule is CC(C)(C)c1csc(COc2c(Cl)cc(Cl)cc2CO)n1. The van der Waals surface area contributed by atoms with Gasteiger partial charge in [0.2, 0.25) is 0 Å². The second-order valence-corrected chi connectivity index (χ2v) is 7.49. The van der Waals surface area contributed by atoms with E-state index in [4.69, 9.17) is 27.9 Å². The van der Waals surface area contributed by atoms with Crippen LogP contribution in [0.2, 0.25) is 10.0 Å². The van der Waals surface area contributed by atoms with Crippen LogP contribution in [0.3, 0.4) is 0 Å². The molecule has 0 fully saturated rings. The molecule has 114 valence electrons. The quantitative estimate of drug-likeness (QED) is 0.863. The number of hydrogen-bond donors (Lipinski definition) is 1. The van der Waals surface area contributed by atoms with Crippen molar-refractivity contribution in [3.63, 3.8) is 0 Å². The van der Waals surface area contributed by atoms with E-state index in [0.717, 1.165) is 10.7 Å². The second kappa shape index (κ2) is 6.53. The maximum atomic E-state index is 9.36. The normalized spacial score (nSPS) is 11.7. The van der Waals surface area contributed by atoms with Gasteiger partial charge in [-0.2, -0.15) is 0 Å². The van der Waals surface area contributed by atoms with Crippen LogP contribution in [-0.4, -0.2) is 10.1 Å². The first kappa shape index (κ1) is 16.6. The summed E-state index contributed by atoms with van der Waals surface area (Å²) in [5.74, 6) is 0.455.